The molecule has 0 aliphatic carbocycles. The lowest BCUT2D eigenvalue weighted by Gasteiger charge is -2.19. The Morgan fingerprint density at radius 2 is 1.88 bits per heavy atom. The van der Waals surface area contributed by atoms with Gasteiger partial charge in [-0.3, -0.25) is 19.0 Å². The van der Waals surface area contributed by atoms with Crippen molar-refractivity contribution in [3.05, 3.63) is 29.7 Å². The number of aromatic nitrogens is 4. The van der Waals surface area contributed by atoms with Crippen LogP contribution in [0.1, 0.15) is 45.0 Å². The molecule has 0 aromatic carbocycles. The minimum absolute atomic E-state index is 0.150. The predicted octanol–water partition coefficient (Wildman–Crippen LogP) is 1.50. The molecule has 2 rings (SSSR count). The number of hydrogen-bond acceptors (Lipinski definition) is 4. The van der Waals surface area contributed by atoms with Crippen molar-refractivity contribution in [1.29, 1.82) is 0 Å². The van der Waals surface area contributed by atoms with E-state index in [0.717, 1.165) is 11.3 Å². The SMILES string of the molecule is Cc1nn(C(C)(C)C)cc1[C@@H](C)NC(=O)C(=O)Nc1ccn(C)n1. The second kappa shape index (κ2) is 6.46. The fourth-order valence-electron chi connectivity index (χ4n) is 2.24. The molecule has 2 amide bonds. The van der Waals surface area contributed by atoms with E-state index in [2.05, 4.69) is 20.8 Å². The highest BCUT2D eigenvalue weighted by Gasteiger charge is 2.22. The van der Waals surface area contributed by atoms with Gasteiger partial charge in [0.1, 0.15) is 0 Å². The molecule has 0 unspecified atom stereocenters. The number of rotatable bonds is 3. The first-order valence-electron chi connectivity index (χ1n) is 7.76. The molecule has 0 saturated heterocycles. The molecular weight excluding hydrogens is 308 g/mol. The first-order chi connectivity index (χ1) is 11.1. The van der Waals surface area contributed by atoms with Gasteiger partial charge in [-0.05, 0) is 34.6 Å². The Morgan fingerprint density at radius 1 is 1.21 bits per heavy atom. The summed E-state index contributed by atoms with van der Waals surface area (Å²) in [6, 6.07) is 1.29. The molecule has 0 spiro atoms. The van der Waals surface area contributed by atoms with Crippen molar-refractivity contribution in [2.24, 2.45) is 7.05 Å². The standard InChI is InChI=1S/C16H24N6O2/c1-10(12-9-22(16(3,4)5)19-11(12)2)17-14(23)15(24)18-13-7-8-21(6)20-13/h7-10H,1-6H3,(H,17,23)(H,18,20,24)/t10-/m1/s1. The Hall–Kier alpha value is -2.64. The molecule has 0 aliphatic heterocycles. The van der Waals surface area contributed by atoms with Gasteiger partial charge in [0.2, 0.25) is 0 Å². The van der Waals surface area contributed by atoms with Crippen LogP contribution in [0.25, 0.3) is 0 Å². The lowest BCUT2D eigenvalue weighted by atomic mass is 10.1. The summed E-state index contributed by atoms with van der Waals surface area (Å²) in [5, 5.41) is 13.6. The van der Waals surface area contributed by atoms with Crippen molar-refractivity contribution in [2.75, 3.05) is 5.32 Å². The molecule has 0 bridgehead atoms. The fraction of sp³-hybridized carbons (Fsp3) is 0.500. The van der Waals surface area contributed by atoms with Crippen molar-refractivity contribution in [1.82, 2.24) is 24.9 Å². The van der Waals surface area contributed by atoms with E-state index in [9.17, 15) is 9.59 Å². The maximum absolute atomic E-state index is 12.1. The Morgan fingerprint density at radius 3 is 2.38 bits per heavy atom. The van der Waals surface area contributed by atoms with E-state index in [-0.39, 0.29) is 11.6 Å². The molecule has 2 heterocycles. The van der Waals surface area contributed by atoms with Gasteiger partial charge < -0.3 is 10.6 Å². The van der Waals surface area contributed by atoms with E-state index in [0.29, 0.717) is 5.82 Å². The average molecular weight is 332 g/mol. The molecular formula is C16H24N6O2. The van der Waals surface area contributed by atoms with Crippen LogP contribution >= 0.6 is 0 Å². The predicted molar refractivity (Wildman–Crippen MR) is 90.4 cm³/mol. The molecule has 0 saturated carbocycles. The lowest BCUT2D eigenvalue weighted by molar-refractivity contribution is -0.136. The van der Waals surface area contributed by atoms with Gasteiger partial charge >= 0.3 is 11.8 Å². The van der Waals surface area contributed by atoms with Crippen molar-refractivity contribution < 1.29 is 9.59 Å². The molecule has 0 aliphatic rings. The highest BCUT2D eigenvalue weighted by Crippen LogP contribution is 2.21. The summed E-state index contributed by atoms with van der Waals surface area (Å²) in [6.45, 7) is 9.85. The third-order valence-corrected chi connectivity index (χ3v) is 3.60. The highest BCUT2D eigenvalue weighted by atomic mass is 16.2. The molecule has 130 valence electrons. The lowest BCUT2D eigenvalue weighted by Crippen LogP contribution is -2.37. The summed E-state index contributed by atoms with van der Waals surface area (Å²) < 4.78 is 3.40. The summed E-state index contributed by atoms with van der Waals surface area (Å²) >= 11 is 0. The molecule has 24 heavy (non-hydrogen) atoms. The molecule has 0 fully saturated rings. The van der Waals surface area contributed by atoms with Crippen molar-refractivity contribution >= 4 is 17.6 Å². The fourth-order valence-corrected chi connectivity index (χ4v) is 2.24. The van der Waals surface area contributed by atoms with E-state index in [1.54, 1.807) is 24.0 Å². The van der Waals surface area contributed by atoms with E-state index < -0.39 is 11.8 Å². The summed E-state index contributed by atoms with van der Waals surface area (Å²) in [5.41, 5.74) is 1.55. The number of carbonyl (C=O) groups is 2. The molecule has 2 aromatic rings. The van der Waals surface area contributed by atoms with Crippen molar-refractivity contribution in [3.63, 3.8) is 0 Å². The zero-order chi connectivity index (χ0) is 18.1. The maximum atomic E-state index is 12.1. The monoisotopic (exact) mass is 332 g/mol. The van der Waals surface area contributed by atoms with Crippen LogP contribution in [0, 0.1) is 6.92 Å². The molecule has 2 aromatic heterocycles. The van der Waals surface area contributed by atoms with Gasteiger partial charge in [-0.2, -0.15) is 10.2 Å². The molecule has 8 nitrogen and oxygen atoms in total. The van der Waals surface area contributed by atoms with Crippen LogP contribution in [0.15, 0.2) is 18.5 Å². The van der Waals surface area contributed by atoms with E-state index >= 15 is 0 Å². The van der Waals surface area contributed by atoms with Gasteiger partial charge in [-0.15, -0.1) is 0 Å². The van der Waals surface area contributed by atoms with Gasteiger partial charge in [0.25, 0.3) is 0 Å². The average Bonchev–Trinajstić information content (AvgIpc) is 3.04. The Labute approximate surface area is 141 Å². The van der Waals surface area contributed by atoms with Gasteiger partial charge in [0.15, 0.2) is 5.82 Å². The summed E-state index contributed by atoms with van der Waals surface area (Å²) in [4.78, 5) is 24.0. The second-order valence-corrected chi connectivity index (χ2v) is 6.81. The van der Waals surface area contributed by atoms with E-state index in [4.69, 9.17) is 0 Å². The van der Waals surface area contributed by atoms with E-state index in [1.165, 1.54) is 0 Å². The van der Waals surface area contributed by atoms with Crippen LogP contribution in [0.4, 0.5) is 5.82 Å². The third-order valence-electron chi connectivity index (χ3n) is 3.60. The highest BCUT2D eigenvalue weighted by molar-refractivity contribution is 6.39. The number of amides is 2. The zero-order valence-electron chi connectivity index (χ0n) is 14.9. The molecule has 8 heteroatoms. The number of aryl methyl sites for hydroxylation is 2. The minimum Gasteiger partial charge on any atom is -0.341 e. The zero-order valence-corrected chi connectivity index (χ0v) is 14.9. The van der Waals surface area contributed by atoms with Crippen molar-refractivity contribution in [3.8, 4) is 0 Å². The van der Waals surface area contributed by atoms with Gasteiger partial charge in [0, 0.05) is 31.1 Å². The van der Waals surface area contributed by atoms with Crippen LogP contribution in [0.3, 0.4) is 0 Å². The largest absolute Gasteiger partial charge is 0.341 e. The number of nitrogens with zero attached hydrogens (tertiary/aromatic N) is 4. The van der Waals surface area contributed by atoms with Crippen LogP contribution in [0.5, 0.6) is 0 Å². The van der Waals surface area contributed by atoms with Gasteiger partial charge in [-0.1, -0.05) is 0 Å². The first-order valence-corrected chi connectivity index (χ1v) is 7.76. The smallest absolute Gasteiger partial charge is 0.314 e. The van der Waals surface area contributed by atoms with Crippen LogP contribution in [-0.4, -0.2) is 31.4 Å². The number of hydrogen-bond donors (Lipinski definition) is 2. The Bertz CT molecular complexity index is 753. The van der Waals surface area contributed by atoms with Crippen molar-refractivity contribution in [2.45, 2.75) is 46.2 Å². The van der Waals surface area contributed by atoms with Gasteiger partial charge in [0.05, 0.1) is 17.3 Å². The normalized spacial score (nSPS) is 12.8. The van der Waals surface area contributed by atoms with Crippen LogP contribution in [-0.2, 0) is 22.2 Å². The number of carbonyl (C=O) groups excluding carboxylic acids is 2. The quantitative estimate of drug-likeness (QED) is 0.833. The van der Waals surface area contributed by atoms with E-state index in [1.807, 2.05) is 45.5 Å². The Kier molecular flexibility index (Phi) is 4.77. The maximum Gasteiger partial charge on any atom is 0.314 e. The second-order valence-electron chi connectivity index (χ2n) is 6.81. The molecule has 1 atom stereocenters. The molecule has 2 N–H and O–H groups in total. The number of nitrogens with one attached hydrogen (secondary N) is 2. The number of anilines is 1. The first kappa shape index (κ1) is 17.7. The molecule has 0 radical (unpaired) electrons. The Balaban J connectivity index is 2.03. The minimum atomic E-state index is -0.749. The summed E-state index contributed by atoms with van der Waals surface area (Å²) in [6.07, 6.45) is 3.58. The van der Waals surface area contributed by atoms with Gasteiger partial charge in [-0.25, -0.2) is 0 Å². The van der Waals surface area contributed by atoms with Crippen LogP contribution in [0.2, 0.25) is 0 Å². The summed E-state index contributed by atoms with van der Waals surface area (Å²) in [7, 11) is 1.73. The summed E-state index contributed by atoms with van der Waals surface area (Å²) in [5.74, 6) is -1.13. The van der Waals surface area contributed by atoms with Crippen LogP contribution < -0.4 is 10.6 Å². The third kappa shape index (κ3) is 4.01. The topological polar surface area (TPSA) is 93.8 Å².